The number of aliphatic carboxylic acids is 1. The normalized spacial score (nSPS) is 22.0. The Hall–Kier alpha value is -1.88. The fraction of sp³-hybridized carbons (Fsp3) is 0.333. The van der Waals surface area contributed by atoms with Crippen molar-refractivity contribution in [3.8, 4) is 0 Å². The number of carboxylic acid groups (broad SMARTS) is 1. The van der Waals surface area contributed by atoms with Crippen LogP contribution in [0.2, 0.25) is 0 Å². The number of nitrogens with one attached hydrogen (secondary N) is 1. The fourth-order valence-corrected chi connectivity index (χ4v) is 3.73. The van der Waals surface area contributed by atoms with E-state index >= 15 is 0 Å². The number of hydrogen-bond acceptors (Lipinski definition) is 3. The summed E-state index contributed by atoms with van der Waals surface area (Å²) in [7, 11) is 0. The van der Waals surface area contributed by atoms with Gasteiger partial charge in [0, 0.05) is 10.7 Å². The minimum atomic E-state index is -0.816. The molecule has 2 N–H and O–H groups in total. The monoisotopic (exact) mass is 289 g/mol. The molecule has 1 aliphatic carbocycles. The SMILES string of the molecule is O=C(N[C@H]1CCC[C@H]1C(=O)O)c1cc2ccccc2s1. The van der Waals surface area contributed by atoms with Crippen molar-refractivity contribution < 1.29 is 14.7 Å². The van der Waals surface area contributed by atoms with E-state index in [1.807, 2.05) is 30.3 Å². The lowest BCUT2D eigenvalue weighted by molar-refractivity contribution is -0.142. The number of fused-ring (bicyclic) bond motifs is 1. The molecule has 4 nitrogen and oxygen atoms in total. The van der Waals surface area contributed by atoms with E-state index in [-0.39, 0.29) is 11.9 Å². The molecule has 0 radical (unpaired) electrons. The van der Waals surface area contributed by atoms with Gasteiger partial charge in [-0.15, -0.1) is 11.3 Å². The van der Waals surface area contributed by atoms with E-state index in [1.165, 1.54) is 11.3 Å². The number of hydrogen-bond donors (Lipinski definition) is 2. The molecular formula is C15H15NO3S. The molecule has 1 fully saturated rings. The number of carbonyl (C=O) groups is 2. The van der Waals surface area contributed by atoms with E-state index in [0.717, 1.165) is 22.9 Å². The van der Waals surface area contributed by atoms with Crippen LogP contribution in [0.5, 0.6) is 0 Å². The first-order chi connectivity index (χ1) is 9.65. The van der Waals surface area contributed by atoms with Gasteiger partial charge in [-0.05, 0) is 30.4 Å². The second-order valence-electron chi connectivity index (χ2n) is 5.10. The van der Waals surface area contributed by atoms with Crippen molar-refractivity contribution in [3.63, 3.8) is 0 Å². The molecule has 104 valence electrons. The van der Waals surface area contributed by atoms with Gasteiger partial charge in [-0.1, -0.05) is 24.6 Å². The lowest BCUT2D eigenvalue weighted by atomic mass is 10.0. The van der Waals surface area contributed by atoms with Crippen LogP contribution >= 0.6 is 11.3 Å². The lowest BCUT2D eigenvalue weighted by Gasteiger charge is -2.16. The molecule has 0 spiro atoms. The van der Waals surface area contributed by atoms with Crippen molar-refractivity contribution in [3.05, 3.63) is 35.2 Å². The van der Waals surface area contributed by atoms with Crippen LogP contribution in [-0.4, -0.2) is 23.0 Å². The van der Waals surface area contributed by atoms with Crippen molar-refractivity contribution in [2.24, 2.45) is 5.92 Å². The average Bonchev–Trinajstić information content (AvgIpc) is 3.03. The number of carboxylic acids is 1. The van der Waals surface area contributed by atoms with E-state index in [1.54, 1.807) is 0 Å². The number of amides is 1. The summed E-state index contributed by atoms with van der Waals surface area (Å²) >= 11 is 1.44. The van der Waals surface area contributed by atoms with E-state index in [2.05, 4.69) is 5.32 Å². The van der Waals surface area contributed by atoms with Crippen LogP contribution in [0, 0.1) is 5.92 Å². The van der Waals surface area contributed by atoms with E-state index in [4.69, 9.17) is 5.11 Å². The second kappa shape index (κ2) is 5.25. The summed E-state index contributed by atoms with van der Waals surface area (Å²) in [5.41, 5.74) is 0. The van der Waals surface area contributed by atoms with Crippen molar-refractivity contribution in [1.29, 1.82) is 0 Å². The molecule has 0 saturated heterocycles. The van der Waals surface area contributed by atoms with Crippen molar-refractivity contribution >= 4 is 33.3 Å². The molecular weight excluding hydrogens is 274 g/mol. The first-order valence-corrected chi connectivity index (χ1v) is 7.49. The summed E-state index contributed by atoms with van der Waals surface area (Å²) in [4.78, 5) is 24.0. The summed E-state index contributed by atoms with van der Waals surface area (Å²) in [6.07, 6.45) is 2.24. The van der Waals surface area contributed by atoms with Crippen LogP contribution in [0.3, 0.4) is 0 Å². The van der Waals surface area contributed by atoms with Gasteiger partial charge in [-0.2, -0.15) is 0 Å². The Morgan fingerprint density at radius 3 is 2.80 bits per heavy atom. The Morgan fingerprint density at radius 1 is 1.25 bits per heavy atom. The van der Waals surface area contributed by atoms with Crippen LogP contribution in [0.4, 0.5) is 0 Å². The van der Waals surface area contributed by atoms with Crippen molar-refractivity contribution in [1.82, 2.24) is 5.32 Å². The highest BCUT2D eigenvalue weighted by Crippen LogP contribution is 2.28. The molecule has 0 bridgehead atoms. The van der Waals surface area contributed by atoms with Crippen molar-refractivity contribution in [2.75, 3.05) is 0 Å². The molecule has 0 unspecified atom stereocenters. The summed E-state index contributed by atoms with van der Waals surface area (Å²) in [5, 5.41) is 13.1. The average molecular weight is 289 g/mol. The highest BCUT2D eigenvalue weighted by Gasteiger charge is 2.34. The third-order valence-electron chi connectivity index (χ3n) is 3.80. The van der Waals surface area contributed by atoms with Crippen LogP contribution in [0.1, 0.15) is 28.9 Å². The third-order valence-corrected chi connectivity index (χ3v) is 4.91. The molecule has 1 aromatic carbocycles. The van der Waals surface area contributed by atoms with Gasteiger partial charge in [-0.25, -0.2) is 0 Å². The standard InChI is InChI=1S/C15H15NO3S/c17-14(16-11-6-3-5-10(11)15(18)19)13-8-9-4-1-2-7-12(9)20-13/h1-2,4,7-8,10-11H,3,5-6H2,(H,16,17)(H,18,19)/t10-,11+/m1/s1. The zero-order valence-corrected chi connectivity index (χ0v) is 11.7. The van der Waals surface area contributed by atoms with Gasteiger partial charge in [0.05, 0.1) is 10.8 Å². The Labute approximate surface area is 120 Å². The smallest absolute Gasteiger partial charge is 0.308 e. The zero-order chi connectivity index (χ0) is 14.1. The van der Waals surface area contributed by atoms with Crippen LogP contribution in [0.25, 0.3) is 10.1 Å². The van der Waals surface area contributed by atoms with Crippen LogP contribution < -0.4 is 5.32 Å². The molecule has 1 heterocycles. The number of rotatable bonds is 3. The minimum Gasteiger partial charge on any atom is -0.481 e. The molecule has 5 heteroatoms. The predicted octanol–water partition coefficient (Wildman–Crippen LogP) is 2.88. The maximum atomic E-state index is 12.2. The third kappa shape index (κ3) is 2.41. The van der Waals surface area contributed by atoms with Gasteiger partial charge >= 0.3 is 5.97 Å². The fourth-order valence-electron chi connectivity index (χ4n) is 2.76. The molecule has 20 heavy (non-hydrogen) atoms. The minimum absolute atomic E-state index is 0.163. The molecule has 1 saturated carbocycles. The molecule has 1 amide bonds. The number of thiophene rings is 1. The van der Waals surface area contributed by atoms with Gasteiger partial charge in [-0.3, -0.25) is 9.59 Å². The number of carbonyl (C=O) groups excluding carboxylic acids is 1. The molecule has 2 atom stereocenters. The Balaban J connectivity index is 1.77. The van der Waals surface area contributed by atoms with Crippen LogP contribution in [-0.2, 0) is 4.79 Å². The van der Waals surface area contributed by atoms with Gasteiger partial charge in [0.15, 0.2) is 0 Å². The maximum Gasteiger partial charge on any atom is 0.308 e. The van der Waals surface area contributed by atoms with E-state index in [9.17, 15) is 9.59 Å². The molecule has 1 aromatic heterocycles. The van der Waals surface area contributed by atoms with Crippen LogP contribution in [0.15, 0.2) is 30.3 Å². The van der Waals surface area contributed by atoms with Gasteiger partial charge in [0.1, 0.15) is 0 Å². The van der Waals surface area contributed by atoms with Gasteiger partial charge in [0.2, 0.25) is 0 Å². The summed E-state index contributed by atoms with van der Waals surface area (Å²) in [5.74, 6) is -1.43. The second-order valence-corrected chi connectivity index (χ2v) is 6.19. The lowest BCUT2D eigenvalue weighted by Crippen LogP contribution is -2.39. The van der Waals surface area contributed by atoms with Crippen molar-refractivity contribution in [2.45, 2.75) is 25.3 Å². The Morgan fingerprint density at radius 2 is 2.05 bits per heavy atom. The first kappa shape index (κ1) is 13.1. The molecule has 2 aromatic rings. The van der Waals surface area contributed by atoms with E-state index < -0.39 is 11.9 Å². The summed E-state index contributed by atoms with van der Waals surface area (Å²) in [6, 6.07) is 9.45. The molecule has 3 rings (SSSR count). The molecule has 0 aliphatic heterocycles. The number of benzene rings is 1. The zero-order valence-electron chi connectivity index (χ0n) is 10.8. The predicted molar refractivity (Wildman–Crippen MR) is 78.1 cm³/mol. The largest absolute Gasteiger partial charge is 0.481 e. The highest BCUT2D eigenvalue weighted by molar-refractivity contribution is 7.20. The molecule has 1 aliphatic rings. The van der Waals surface area contributed by atoms with E-state index in [0.29, 0.717) is 11.3 Å². The van der Waals surface area contributed by atoms with Gasteiger partial charge in [0.25, 0.3) is 5.91 Å². The quantitative estimate of drug-likeness (QED) is 0.913. The summed E-state index contributed by atoms with van der Waals surface area (Å²) in [6.45, 7) is 0. The Bertz CT molecular complexity index is 631. The summed E-state index contributed by atoms with van der Waals surface area (Å²) < 4.78 is 1.07. The Kier molecular flexibility index (Phi) is 3.44. The maximum absolute atomic E-state index is 12.2. The van der Waals surface area contributed by atoms with Gasteiger partial charge < -0.3 is 10.4 Å². The highest BCUT2D eigenvalue weighted by atomic mass is 32.1. The topological polar surface area (TPSA) is 66.4 Å². The first-order valence-electron chi connectivity index (χ1n) is 6.67.